The number of pyridine rings is 1. The number of non-ortho nitro benzene ring substituents is 2. The van der Waals surface area contributed by atoms with E-state index >= 15 is 0 Å². The van der Waals surface area contributed by atoms with Crippen molar-refractivity contribution in [1.29, 1.82) is 0 Å². The molecule has 1 aromatic carbocycles. The summed E-state index contributed by atoms with van der Waals surface area (Å²) in [7, 11) is 0. The Labute approximate surface area is 146 Å². The minimum atomic E-state index is -0.783. The summed E-state index contributed by atoms with van der Waals surface area (Å²) in [5, 5.41) is 24.4. The van der Waals surface area contributed by atoms with Gasteiger partial charge in [0.1, 0.15) is 5.65 Å². The molecule has 0 aliphatic rings. The molecule has 0 saturated heterocycles. The SMILES string of the molecule is Cc1cccn2cc(CNC(=O)c3cc([N+](=O)[O-])cc([N+](=O)[O-])c3)nc12. The Morgan fingerprint density at radius 2 is 1.85 bits per heavy atom. The summed E-state index contributed by atoms with van der Waals surface area (Å²) >= 11 is 0. The Morgan fingerprint density at radius 1 is 1.19 bits per heavy atom. The summed E-state index contributed by atoms with van der Waals surface area (Å²) in [5.74, 6) is -0.662. The molecule has 0 aliphatic heterocycles. The van der Waals surface area contributed by atoms with Crippen LogP contribution in [0.25, 0.3) is 5.65 Å². The maximum Gasteiger partial charge on any atom is 0.277 e. The highest BCUT2D eigenvalue weighted by Crippen LogP contribution is 2.22. The largest absolute Gasteiger partial charge is 0.346 e. The van der Waals surface area contributed by atoms with Crippen molar-refractivity contribution in [2.24, 2.45) is 0 Å². The molecule has 0 spiro atoms. The topological polar surface area (TPSA) is 133 Å². The number of hydrogen-bond acceptors (Lipinski definition) is 6. The molecule has 0 saturated carbocycles. The molecule has 3 aromatic rings. The maximum atomic E-state index is 12.3. The second kappa shape index (κ2) is 6.59. The molecule has 132 valence electrons. The van der Waals surface area contributed by atoms with Gasteiger partial charge in [-0.2, -0.15) is 0 Å². The van der Waals surface area contributed by atoms with Gasteiger partial charge in [-0.1, -0.05) is 6.07 Å². The van der Waals surface area contributed by atoms with E-state index in [9.17, 15) is 25.0 Å². The third kappa shape index (κ3) is 3.34. The molecule has 2 aromatic heterocycles. The fraction of sp³-hybridized carbons (Fsp3) is 0.125. The van der Waals surface area contributed by atoms with Crippen molar-refractivity contribution in [3.8, 4) is 0 Å². The zero-order chi connectivity index (χ0) is 18.8. The zero-order valence-corrected chi connectivity index (χ0v) is 13.6. The summed E-state index contributed by atoms with van der Waals surface area (Å²) in [6.45, 7) is 1.99. The van der Waals surface area contributed by atoms with Crippen LogP contribution >= 0.6 is 0 Å². The van der Waals surface area contributed by atoms with Gasteiger partial charge < -0.3 is 9.72 Å². The number of carbonyl (C=O) groups is 1. The van der Waals surface area contributed by atoms with E-state index in [-0.39, 0.29) is 12.1 Å². The predicted octanol–water partition coefficient (Wildman–Crippen LogP) is 2.39. The van der Waals surface area contributed by atoms with Crippen LogP contribution in [0.3, 0.4) is 0 Å². The van der Waals surface area contributed by atoms with Crippen LogP contribution in [-0.4, -0.2) is 25.1 Å². The number of fused-ring (bicyclic) bond motifs is 1. The first-order valence-corrected chi connectivity index (χ1v) is 7.50. The Bertz CT molecular complexity index is 1010. The van der Waals surface area contributed by atoms with Crippen LogP contribution in [0, 0.1) is 27.2 Å². The summed E-state index contributed by atoms with van der Waals surface area (Å²) in [6.07, 6.45) is 3.57. The van der Waals surface area contributed by atoms with Crippen LogP contribution in [0.1, 0.15) is 21.6 Å². The number of hydrogen-bond donors (Lipinski definition) is 1. The van der Waals surface area contributed by atoms with Gasteiger partial charge in [0.15, 0.2) is 0 Å². The number of benzene rings is 1. The van der Waals surface area contributed by atoms with Gasteiger partial charge in [0.05, 0.1) is 33.7 Å². The number of nitro benzene ring substituents is 2. The van der Waals surface area contributed by atoms with Gasteiger partial charge in [-0.15, -0.1) is 0 Å². The molecular weight excluding hydrogens is 342 g/mol. The second-order valence-corrected chi connectivity index (χ2v) is 5.59. The first kappa shape index (κ1) is 17.0. The Hall–Kier alpha value is -3.82. The highest BCUT2D eigenvalue weighted by Gasteiger charge is 2.20. The number of nitrogens with one attached hydrogen (secondary N) is 1. The van der Waals surface area contributed by atoms with E-state index in [1.165, 1.54) is 0 Å². The number of aromatic nitrogens is 2. The molecule has 0 radical (unpaired) electrons. The van der Waals surface area contributed by atoms with Crippen molar-refractivity contribution in [1.82, 2.24) is 14.7 Å². The molecule has 0 unspecified atom stereocenters. The van der Waals surface area contributed by atoms with E-state index in [1.807, 2.05) is 29.7 Å². The van der Waals surface area contributed by atoms with Crippen molar-refractivity contribution in [2.45, 2.75) is 13.5 Å². The molecule has 1 amide bonds. The number of rotatable bonds is 5. The maximum absolute atomic E-state index is 12.3. The normalized spacial score (nSPS) is 10.7. The lowest BCUT2D eigenvalue weighted by Crippen LogP contribution is -2.23. The predicted molar refractivity (Wildman–Crippen MR) is 90.9 cm³/mol. The van der Waals surface area contributed by atoms with Crippen LogP contribution in [0.2, 0.25) is 0 Å². The molecule has 0 bridgehead atoms. The molecule has 0 aliphatic carbocycles. The second-order valence-electron chi connectivity index (χ2n) is 5.59. The highest BCUT2D eigenvalue weighted by atomic mass is 16.6. The third-order valence-electron chi connectivity index (χ3n) is 3.74. The number of aryl methyl sites for hydroxylation is 1. The Balaban J connectivity index is 1.82. The first-order valence-electron chi connectivity index (χ1n) is 7.50. The number of imidazole rings is 1. The third-order valence-corrected chi connectivity index (χ3v) is 3.74. The fourth-order valence-electron chi connectivity index (χ4n) is 2.50. The number of amides is 1. The lowest BCUT2D eigenvalue weighted by Gasteiger charge is -2.03. The first-order chi connectivity index (χ1) is 12.3. The van der Waals surface area contributed by atoms with Gasteiger partial charge in [-0.05, 0) is 18.6 Å². The van der Waals surface area contributed by atoms with E-state index < -0.39 is 27.1 Å². The standard InChI is InChI=1S/C16H13N5O5/c1-10-3-2-4-19-9-12(18-15(10)19)8-17-16(22)11-5-13(20(23)24)7-14(6-11)21(25)26/h2-7,9H,8H2,1H3,(H,17,22). The van der Waals surface area contributed by atoms with Crippen LogP contribution in [0.15, 0.2) is 42.7 Å². The fourth-order valence-corrected chi connectivity index (χ4v) is 2.50. The van der Waals surface area contributed by atoms with E-state index in [0.717, 1.165) is 29.4 Å². The van der Waals surface area contributed by atoms with Gasteiger partial charge in [0, 0.05) is 24.5 Å². The van der Waals surface area contributed by atoms with Crippen molar-refractivity contribution >= 4 is 22.9 Å². The Morgan fingerprint density at radius 3 is 2.42 bits per heavy atom. The molecule has 3 rings (SSSR count). The van der Waals surface area contributed by atoms with Crippen LogP contribution < -0.4 is 5.32 Å². The molecule has 2 heterocycles. The van der Waals surface area contributed by atoms with Gasteiger partial charge in [-0.25, -0.2) is 4.98 Å². The van der Waals surface area contributed by atoms with Crippen molar-refractivity contribution in [3.63, 3.8) is 0 Å². The highest BCUT2D eigenvalue weighted by molar-refractivity contribution is 5.95. The average Bonchev–Trinajstić information content (AvgIpc) is 3.03. The van der Waals surface area contributed by atoms with Crippen LogP contribution in [0.5, 0.6) is 0 Å². The smallest absolute Gasteiger partial charge is 0.277 e. The minimum Gasteiger partial charge on any atom is -0.346 e. The van der Waals surface area contributed by atoms with Crippen molar-refractivity contribution in [3.05, 3.63) is 79.8 Å². The molecule has 0 fully saturated rings. The van der Waals surface area contributed by atoms with Gasteiger partial charge in [-0.3, -0.25) is 25.0 Å². The molecule has 26 heavy (non-hydrogen) atoms. The van der Waals surface area contributed by atoms with Crippen molar-refractivity contribution in [2.75, 3.05) is 0 Å². The zero-order valence-electron chi connectivity index (χ0n) is 13.6. The number of nitrogens with zero attached hydrogens (tertiary/aromatic N) is 4. The Kier molecular flexibility index (Phi) is 4.31. The minimum absolute atomic E-state index is 0.0798. The van der Waals surface area contributed by atoms with E-state index in [2.05, 4.69) is 10.3 Å². The van der Waals surface area contributed by atoms with Crippen molar-refractivity contribution < 1.29 is 14.6 Å². The summed E-state index contributed by atoms with van der Waals surface area (Å²) in [6, 6.07) is 6.58. The molecule has 10 heteroatoms. The molecular formula is C16H13N5O5. The van der Waals surface area contributed by atoms with Crippen LogP contribution in [0.4, 0.5) is 11.4 Å². The molecule has 0 atom stereocenters. The van der Waals surface area contributed by atoms with Gasteiger partial charge in [0.2, 0.25) is 0 Å². The van der Waals surface area contributed by atoms with E-state index in [4.69, 9.17) is 0 Å². The lowest BCUT2D eigenvalue weighted by molar-refractivity contribution is -0.394. The monoisotopic (exact) mass is 355 g/mol. The molecule has 10 nitrogen and oxygen atoms in total. The van der Waals surface area contributed by atoms with Gasteiger partial charge in [0.25, 0.3) is 17.3 Å². The number of nitro groups is 2. The van der Waals surface area contributed by atoms with Gasteiger partial charge >= 0.3 is 0 Å². The average molecular weight is 355 g/mol. The van der Waals surface area contributed by atoms with Crippen LogP contribution in [-0.2, 0) is 6.54 Å². The summed E-state index contributed by atoms with van der Waals surface area (Å²) in [4.78, 5) is 36.9. The van der Waals surface area contributed by atoms with E-state index in [0.29, 0.717) is 5.69 Å². The van der Waals surface area contributed by atoms with E-state index in [1.54, 1.807) is 6.20 Å². The molecule has 1 N–H and O–H groups in total. The lowest BCUT2D eigenvalue weighted by atomic mass is 10.1. The summed E-state index contributed by atoms with van der Waals surface area (Å²) < 4.78 is 1.81. The number of carbonyl (C=O) groups excluding carboxylic acids is 1. The quantitative estimate of drug-likeness (QED) is 0.552. The summed E-state index contributed by atoms with van der Waals surface area (Å²) in [5.41, 5.74) is 1.11.